The van der Waals surface area contributed by atoms with Crippen LogP contribution in [0.5, 0.6) is 0 Å². The molecule has 0 aromatic heterocycles. The van der Waals surface area contributed by atoms with Crippen LogP contribution in [0.2, 0.25) is 0 Å². The van der Waals surface area contributed by atoms with Crippen molar-refractivity contribution in [3.63, 3.8) is 0 Å². The van der Waals surface area contributed by atoms with Gasteiger partial charge in [0.1, 0.15) is 0 Å². The summed E-state index contributed by atoms with van der Waals surface area (Å²) in [5, 5.41) is 0. The second-order valence-electron chi connectivity index (χ2n) is 2.46. The summed E-state index contributed by atoms with van der Waals surface area (Å²) in [7, 11) is 2.94. The van der Waals surface area contributed by atoms with Gasteiger partial charge in [0.15, 0.2) is 0 Å². The molecule has 80 valence electrons. The second-order valence-corrected chi connectivity index (χ2v) is 2.46. The van der Waals surface area contributed by atoms with Gasteiger partial charge in [-0.25, -0.2) is 0 Å². The number of rotatable bonds is 6. The quantitative estimate of drug-likeness (QED) is 0.454. The molecule has 6 nitrogen and oxygen atoms in total. The number of hydrogen-bond donors (Lipinski definition) is 2. The van der Waals surface area contributed by atoms with Gasteiger partial charge in [-0.15, -0.1) is 0 Å². The lowest BCUT2D eigenvalue weighted by Gasteiger charge is -2.04. The highest BCUT2D eigenvalue weighted by atomic mass is 16.7. The first-order chi connectivity index (χ1) is 6.60. The van der Waals surface area contributed by atoms with Gasteiger partial charge in [0.2, 0.25) is 0 Å². The van der Waals surface area contributed by atoms with Crippen LogP contribution in [0.15, 0.2) is 12.2 Å². The van der Waals surface area contributed by atoms with Gasteiger partial charge >= 0.3 is 11.9 Å². The predicted molar refractivity (Wildman–Crippen MR) is 48.7 cm³/mol. The van der Waals surface area contributed by atoms with E-state index in [9.17, 15) is 9.59 Å². The van der Waals surface area contributed by atoms with Crippen molar-refractivity contribution < 1.29 is 19.3 Å². The minimum absolute atomic E-state index is 0.0142. The second kappa shape index (κ2) is 7.05. The van der Waals surface area contributed by atoms with Gasteiger partial charge in [0.25, 0.3) is 0 Å². The number of carbonyl (C=O) groups is 2. The first kappa shape index (κ1) is 12.6. The third kappa shape index (κ3) is 6.15. The van der Waals surface area contributed by atoms with Crippen LogP contribution in [-0.2, 0) is 19.3 Å². The van der Waals surface area contributed by atoms with E-state index in [0.717, 1.165) is 0 Å². The standard InChI is InChI=1S/C8H14N2O4/c1-6(4-7(11)13-9-2)5-8(12)14-10-3/h9-10H,1,4-5H2,2-3H3. The lowest BCUT2D eigenvalue weighted by Crippen LogP contribution is -2.18. The zero-order valence-electron chi connectivity index (χ0n) is 8.25. The van der Waals surface area contributed by atoms with Crippen molar-refractivity contribution in [3.05, 3.63) is 12.2 Å². The van der Waals surface area contributed by atoms with Gasteiger partial charge < -0.3 is 9.68 Å². The summed E-state index contributed by atoms with van der Waals surface area (Å²) in [5.74, 6) is -0.982. The normalized spacial score (nSPS) is 9.29. The molecule has 0 aliphatic carbocycles. The zero-order valence-corrected chi connectivity index (χ0v) is 8.25. The molecule has 0 saturated carbocycles. The van der Waals surface area contributed by atoms with E-state index in [-0.39, 0.29) is 12.8 Å². The van der Waals surface area contributed by atoms with Crippen LogP contribution in [0.4, 0.5) is 0 Å². The monoisotopic (exact) mass is 202 g/mol. The van der Waals surface area contributed by atoms with Crippen molar-refractivity contribution in [2.45, 2.75) is 12.8 Å². The molecule has 0 aliphatic rings. The van der Waals surface area contributed by atoms with E-state index in [1.807, 2.05) is 0 Å². The molecule has 2 N–H and O–H groups in total. The van der Waals surface area contributed by atoms with Crippen LogP contribution in [0, 0.1) is 0 Å². The molecule has 0 amide bonds. The summed E-state index contributed by atoms with van der Waals surface area (Å²) in [5.41, 5.74) is 4.90. The Balaban J connectivity index is 3.75. The van der Waals surface area contributed by atoms with Crippen molar-refractivity contribution in [1.82, 2.24) is 11.0 Å². The third-order valence-electron chi connectivity index (χ3n) is 1.22. The van der Waals surface area contributed by atoms with E-state index in [2.05, 4.69) is 27.2 Å². The van der Waals surface area contributed by atoms with Crippen LogP contribution in [0.3, 0.4) is 0 Å². The summed E-state index contributed by atoms with van der Waals surface area (Å²) >= 11 is 0. The summed E-state index contributed by atoms with van der Waals surface area (Å²) in [6.07, 6.45) is -0.0285. The fourth-order valence-corrected chi connectivity index (χ4v) is 0.771. The van der Waals surface area contributed by atoms with Gasteiger partial charge in [-0.05, 0) is 0 Å². The molecule has 0 heterocycles. The Kier molecular flexibility index (Phi) is 6.34. The SMILES string of the molecule is C=C(CC(=O)ONC)CC(=O)ONC. The molecule has 0 bridgehead atoms. The minimum atomic E-state index is -0.491. The summed E-state index contributed by atoms with van der Waals surface area (Å²) in [6, 6.07) is 0. The first-order valence-electron chi connectivity index (χ1n) is 3.99. The maximum absolute atomic E-state index is 10.9. The number of hydrogen-bond acceptors (Lipinski definition) is 6. The lowest BCUT2D eigenvalue weighted by atomic mass is 10.1. The van der Waals surface area contributed by atoms with Crippen molar-refractivity contribution in [1.29, 1.82) is 0 Å². The molecular weight excluding hydrogens is 188 g/mol. The zero-order chi connectivity index (χ0) is 11.0. The van der Waals surface area contributed by atoms with Crippen LogP contribution in [0.1, 0.15) is 12.8 Å². The number of hydroxylamine groups is 2. The number of carbonyl (C=O) groups excluding carboxylic acids is 2. The molecular formula is C8H14N2O4. The molecule has 0 atom stereocenters. The average Bonchev–Trinajstić information content (AvgIpc) is 2.03. The van der Waals surface area contributed by atoms with Gasteiger partial charge in [0.05, 0.1) is 12.8 Å². The van der Waals surface area contributed by atoms with Gasteiger partial charge in [-0.1, -0.05) is 12.2 Å². The lowest BCUT2D eigenvalue weighted by molar-refractivity contribution is -0.149. The van der Waals surface area contributed by atoms with E-state index in [4.69, 9.17) is 0 Å². The average molecular weight is 202 g/mol. The highest BCUT2D eigenvalue weighted by Gasteiger charge is 2.10. The highest BCUT2D eigenvalue weighted by Crippen LogP contribution is 2.05. The molecule has 0 saturated heterocycles. The fourth-order valence-electron chi connectivity index (χ4n) is 0.771. The van der Waals surface area contributed by atoms with Gasteiger partial charge in [-0.3, -0.25) is 9.59 Å². The predicted octanol–water partition coefficient (Wildman–Crippen LogP) is -0.322. The van der Waals surface area contributed by atoms with Crippen molar-refractivity contribution in [2.24, 2.45) is 0 Å². The smallest absolute Gasteiger partial charge is 0.328 e. The summed E-state index contributed by atoms with van der Waals surface area (Å²) in [6.45, 7) is 3.54. The Morgan fingerprint density at radius 1 is 1.07 bits per heavy atom. The van der Waals surface area contributed by atoms with Crippen molar-refractivity contribution in [3.8, 4) is 0 Å². The Morgan fingerprint density at radius 3 is 1.71 bits per heavy atom. The molecule has 0 spiro atoms. The fraction of sp³-hybridized carbons (Fsp3) is 0.500. The Labute approximate surface area is 82.2 Å². The first-order valence-corrected chi connectivity index (χ1v) is 3.99. The summed E-state index contributed by atoms with van der Waals surface area (Å²) in [4.78, 5) is 30.6. The van der Waals surface area contributed by atoms with Crippen molar-refractivity contribution >= 4 is 11.9 Å². The van der Waals surface area contributed by atoms with Crippen LogP contribution < -0.4 is 11.0 Å². The maximum atomic E-state index is 10.9. The molecule has 0 aromatic rings. The van der Waals surface area contributed by atoms with E-state index in [0.29, 0.717) is 5.57 Å². The van der Waals surface area contributed by atoms with Crippen LogP contribution in [0.25, 0.3) is 0 Å². The molecule has 0 aliphatic heterocycles. The third-order valence-corrected chi connectivity index (χ3v) is 1.22. The van der Waals surface area contributed by atoms with E-state index in [1.165, 1.54) is 14.1 Å². The van der Waals surface area contributed by atoms with Gasteiger partial charge in [0, 0.05) is 14.1 Å². The van der Waals surface area contributed by atoms with Crippen LogP contribution >= 0.6 is 0 Å². The maximum Gasteiger partial charge on any atom is 0.328 e. The van der Waals surface area contributed by atoms with Crippen LogP contribution in [-0.4, -0.2) is 26.0 Å². The Morgan fingerprint density at radius 2 is 1.43 bits per heavy atom. The van der Waals surface area contributed by atoms with E-state index in [1.54, 1.807) is 0 Å². The number of nitrogens with one attached hydrogen (secondary N) is 2. The molecule has 14 heavy (non-hydrogen) atoms. The van der Waals surface area contributed by atoms with E-state index >= 15 is 0 Å². The molecule has 6 heteroatoms. The minimum Gasteiger partial charge on any atom is -0.371 e. The molecule has 0 radical (unpaired) electrons. The Bertz CT molecular complexity index is 205. The van der Waals surface area contributed by atoms with Crippen molar-refractivity contribution in [2.75, 3.05) is 14.1 Å². The molecule has 0 rings (SSSR count). The Hall–Kier alpha value is -1.40. The molecule has 0 fully saturated rings. The highest BCUT2D eigenvalue weighted by molar-refractivity contribution is 5.77. The van der Waals surface area contributed by atoms with Gasteiger partial charge in [-0.2, -0.15) is 11.0 Å². The molecule has 0 aromatic carbocycles. The van der Waals surface area contributed by atoms with E-state index < -0.39 is 11.9 Å². The topological polar surface area (TPSA) is 76.7 Å². The summed E-state index contributed by atoms with van der Waals surface area (Å²) < 4.78 is 0. The molecule has 0 unspecified atom stereocenters. The largest absolute Gasteiger partial charge is 0.371 e.